The van der Waals surface area contributed by atoms with E-state index in [1.165, 1.54) is 6.33 Å². The molecule has 0 saturated heterocycles. The summed E-state index contributed by atoms with van der Waals surface area (Å²) in [5.74, 6) is -0.615. The van der Waals surface area contributed by atoms with Gasteiger partial charge in [-0.1, -0.05) is 13.8 Å². The van der Waals surface area contributed by atoms with E-state index >= 15 is 0 Å². The first-order chi connectivity index (χ1) is 9.32. The number of hydrogen-bond acceptors (Lipinski definition) is 3. The van der Waals surface area contributed by atoms with Crippen molar-refractivity contribution in [1.29, 1.82) is 0 Å². The Bertz CT molecular complexity index is 725. The Balaban J connectivity index is 2.71. The highest BCUT2D eigenvalue weighted by Crippen LogP contribution is 2.21. The maximum absolute atomic E-state index is 12.4. The van der Waals surface area contributed by atoms with Gasteiger partial charge in [0.15, 0.2) is 0 Å². The zero-order valence-electron chi connectivity index (χ0n) is 12.2. The van der Waals surface area contributed by atoms with Gasteiger partial charge in [-0.25, -0.2) is 4.98 Å². The van der Waals surface area contributed by atoms with Crippen LogP contribution in [0.5, 0.6) is 0 Å². The predicted molar refractivity (Wildman–Crippen MR) is 75.9 cm³/mol. The third-order valence-electron chi connectivity index (χ3n) is 3.45. The van der Waals surface area contributed by atoms with Crippen molar-refractivity contribution >= 4 is 17.0 Å². The van der Waals surface area contributed by atoms with Crippen LogP contribution in [0.1, 0.15) is 25.1 Å². The van der Waals surface area contributed by atoms with Crippen LogP contribution >= 0.6 is 0 Å². The molecule has 0 fully saturated rings. The van der Waals surface area contributed by atoms with Crippen LogP contribution in [0.3, 0.4) is 0 Å². The van der Waals surface area contributed by atoms with Crippen LogP contribution in [-0.2, 0) is 17.9 Å². The fraction of sp³-hybridized carbons (Fsp3) is 0.500. The number of aliphatic carboxylic acids is 1. The molecule has 0 amide bonds. The van der Waals surface area contributed by atoms with E-state index in [2.05, 4.69) is 18.8 Å². The molecule has 6 heteroatoms. The Kier molecular flexibility index (Phi) is 3.65. The lowest BCUT2D eigenvalue weighted by Gasteiger charge is -2.10. The van der Waals surface area contributed by atoms with Gasteiger partial charge in [-0.3, -0.25) is 14.2 Å². The van der Waals surface area contributed by atoms with Crippen molar-refractivity contribution in [1.82, 2.24) is 14.1 Å². The average Bonchev–Trinajstić information content (AvgIpc) is 2.57. The van der Waals surface area contributed by atoms with Gasteiger partial charge in [0.1, 0.15) is 18.5 Å². The van der Waals surface area contributed by atoms with Gasteiger partial charge in [-0.15, -0.1) is 0 Å². The molecule has 2 heterocycles. The average molecular weight is 277 g/mol. The van der Waals surface area contributed by atoms with Crippen LogP contribution in [0.2, 0.25) is 0 Å². The molecule has 20 heavy (non-hydrogen) atoms. The molecule has 0 aliphatic carbocycles. The Morgan fingerprint density at radius 3 is 2.60 bits per heavy atom. The number of hydrogen-bond donors (Lipinski definition) is 1. The summed E-state index contributed by atoms with van der Waals surface area (Å²) in [5, 5.41) is 9.34. The van der Waals surface area contributed by atoms with Gasteiger partial charge < -0.3 is 9.67 Å². The molecular weight excluding hydrogens is 258 g/mol. The van der Waals surface area contributed by atoms with E-state index in [1.807, 2.05) is 18.4 Å². The maximum atomic E-state index is 12.4. The molecule has 2 aromatic heterocycles. The zero-order chi connectivity index (χ0) is 15.0. The van der Waals surface area contributed by atoms with Crippen LogP contribution in [0.4, 0.5) is 0 Å². The Hall–Kier alpha value is -2.11. The molecule has 0 unspecified atom stereocenters. The van der Waals surface area contributed by atoms with E-state index in [9.17, 15) is 9.59 Å². The lowest BCUT2D eigenvalue weighted by Crippen LogP contribution is -2.24. The van der Waals surface area contributed by atoms with E-state index < -0.39 is 5.97 Å². The standard InChI is InChI=1S/C14H19N3O3/c1-8(2)5-17-10(4)9(3)12-13(17)15-7-16(14(12)20)6-11(18)19/h7-8H,5-6H2,1-4H3,(H,18,19). The Labute approximate surface area is 116 Å². The third-order valence-corrected chi connectivity index (χ3v) is 3.45. The minimum absolute atomic E-state index is 0.291. The summed E-state index contributed by atoms with van der Waals surface area (Å²) in [6.07, 6.45) is 1.31. The van der Waals surface area contributed by atoms with Gasteiger partial charge in [0.05, 0.1) is 5.39 Å². The topological polar surface area (TPSA) is 77.1 Å². The van der Waals surface area contributed by atoms with Crippen LogP contribution < -0.4 is 5.56 Å². The molecule has 2 aromatic rings. The molecule has 0 aliphatic heterocycles. The number of carboxylic acids is 1. The van der Waals surface area contributed by atoms with E-state index in [0.717, 1.165) is 22.4 Å². The quantitative estimate of drug-likeness (QED) is 0.920. The van der Waals surface area contributed by atoms with E-state index in [-0.39, 0.29) is 12.1 Å². The number of nitrogens with zero attached hydrogens (tertiary/aromatic N) is 3. The summed E-state index contributed by atoms with van der Waals surface area (Å²) in [7, 11) is 0. The fourth-order valence-corrected chi connectivity index (χ4v) is 2.40. The summed E-state index contributed by atoms with van der Waals surface area (Å²) in [6.45, 7) is 8.46. The molecule has 2 rings (SSSR count). The van der Waals surface area contributed by atoms with Crippen molar-refractivity contribution in [2.75, 3.05) is 0 Å². The number of carbonyl (C=O) groups is 1. The first kappa shape index (κ1) is 14.3. The summed E-state index contributed by atoms with van der Waals surface area (Å²) in [5.41, 5.74) is 2.23. The normalized spacial score (nSPS) is 11.4. The maximum Gasteiger partial charge on any atom is 0.323 e. The number of aromatic nitrogens is 3. The first-order valence-corrected chi connectivity index (χ1v) is 6.59. The molecule has 0 saturated carbocycles. The number of aryl methyl sites for hydroxylation is 1. The number of fused-ring (bicyclic) bond motifs is 1. The first-order valence-electron chi connectivity index (χ1n) is 6.59. The Morgan fingerprint density at radius 2 is 2.05 bits per heavy atom. The minimum atomic E-state index is -1.05. The second kappa shape index (κ2) is 5.11. The lowest BCUT2D eigenvalue weighted by atomic mass is 10.2. The minimum Gasteiger partial charge on any atom is -0.480 e. The van der Waals surface area contributed by atoms with Gasteiger partial charge in [0, 0.05) is 12.2 Å². The molecule has 1 N–H and O–H groups in total. The van der Waals surface area contributed by atoms with Crippen LogP contribution in [-0.4, -0.2) is 25.2 Å². The molecule has 6 nitrogen and oxygen atoms in total. The van der Waals surface area contributed by atoms with Gasteiger partial charge in [-0.2, -0.15) is 0 Å². The summed E-state index contributed by atoms with van der Waals surface area (Å²) < 4.78 is 3.17. The van der Waals surface area contributed by atoms with Gasteiger partial charge in [0.25, 0.3) is 5.56 Å². The molecule has 0 aliphatic rings. The summed E-state index contributed by atoms with van der Waals surface area (Å²) >= 11 is 0. The van der Waals surface area contributed by atoms with Crippen molar-refractivity contribution in [3.8, 4) is 0 Å². The lowest BCUT2D eigenvalue weighted by molar-refractivity contribution is -0.137. The van der Waals surface area contributed by atoms with E-state index in [4.69, 9.17) is 5.11 Å². The highest BCUT2D eigenvalue weighted by Gasteiger charge is 2.17. The second-order valence-electron chi connectivity index (χ2n) is 5.48. The third kappa shape index (κ3) is 2.33. The molecule has 0 aromatic carbocycles. The molecule has 0 spiro atoms. The van der Waals surface area contributed by atoms with Crippen LogP contribution in [0.25, 0.3) is 11.0 Å². The van der Waals surface area contributed by atoms with Crippen molar-refractivity contribution in [3.05, 3.63) is 27.9 Å². The highest BCUT2D eigenvalue weighted by molar-refractivity contribution is 5.81. The van der Waals surface area contributed by atoms with E-state index in [0.29, 0.717) is 17.0 Å². The molecule has 0 bridgehead atoms. The van der Waals surface area contributed by atoms with Crippen molar-refractivity contribution in [2.24, 2.45) is 5.92 Å². The van der Waals surface area contributed by atoms with Crippen LogP contribution in [0, 0.1) is 19.8 Å². The van der Waals surface area contributed by atoms with Crippen molar-refractivity contribution in [3.63, 3.8) is 0 Å². The summed E-state index contributed by atoms with van der Waals surface area (Å²) in [6, 6.07) is 0. The highest BCUT2D eigenvalue weighted by atomic mass is 16.4. The summed E-state index contributed by atoms with van der Waals surface area (Å²) in [4.78, 5) is 27.4. The Morgan fingerprint density at radius 1 is 1.40 bits per heavy atom. The van der Waals surface area contributed by atoms with Gasteiger partial charge >= 0.3 is 5.97 Å². The number of rotatable bonds is 4. The second-order valence-corrected chi connectivity index (χ2v) is 5.48. The van der Waals surface area contributed by atoms with E-state index in [1.54, 1.807) is 0 Å². The predicted octanol–water partition coefficient (Wildman–Crippen LogP) is 1.56. The van der Waals surface area contributed by atoms with Gasteiger partial charge in [-0.05, 0) is 25.3 Å². The number of carboxylic acid groups (broad SMARTS) is 1. The smallest absolute Gasteiger partial charge is 0.323 e. The molecule has 108 valence electrons. The van der Waals surface area contributed by atoms with Crippen molar-refractivity contribution in [2.45, 2.75) is 40.8 Å². The fourth-order valence-electron chi connectivity index (χ4n) is 2.40. The largest absolute Gasteiger partial charge is 0.480 e. The molecular formula is C14H19N3O3. The zero-order valence-corrected chi connectivity index (χ0v) is 12.2. The molecule has 0 radical (unpaired) electrons. The van der Waals surface area contributed by atoms with Gasteiger partial charge in [0.2, 0.25) is 0 Å². The molecule has 0 atom stereocenters. The SMILES string of the molecule is Cc1c(C)n(CC(C)C)c2ncn(CC(=O)O)c(=O)c12. The monoisotopic (exact) mass is 277 g/mol. The van der Waals surface area contributed by atoms with Crippen molar-refractivity contribution < 1.29 is 9.90 Å². The van der Waals surface area contributed by atoms with Crippen LogP contribution in [0.15, 0.2) is 11.1 Å².